The Morgan fingerprint density at radius 2 is 1.65 bits per heavy atom. The fraction of sp³-hybridized carbons (Fsp3) is 0.562. The number of ether oxygens (including phenoxy) is 2. The Balaban J connectivity index is 1.03. The van der Waals surface area contributed by atoms with Gasteiger partial charge in [0.1, 0.15) is 29.2 Å². The number of sulfonamides is 1. The number of hydrogen-bond acceptors (Lipinski definition) is 9. The molecule has 7 atom stereocenters. The van der Waals surface area contributed by atoms with Gasteiger partial charge in [0.2, 0.25) is 27.7 Å². The molecule has 62 heavy (non-hydrogen) atoms. The molecule has 4 amide bonds. The van der Waals surface area contributed by atoms with Crippen LogP contribution >= 0.6 is 0 Å². The second-order valence-corrected chi connectivity index (χ2v) is 22.0. The summed E-state index contributed by atoms with van der Waals surface area (Å²) in [4.78, 5) is 66.7. The maximum absolute atomic E-state index is 15.2. The number of carbonyl (C=O) groups is 4. The smallest absolute Gasteiger partial charge is 0.259 e. The predicted octanol–water partition coefficient (Wildman–Crippen LogP) is 6.02. The van der Waals surface area contributed by atoms with Crippen LogP contribution in [0.25, 0.3) is 22.2 Å². The molecule has 3 aliphatic heterocycles. The number of amides is 4. The van der Waals surface area contributed by atoms with Gasteiger partial charge in [-0.15, -0.1) is 6.58 Å². The molecule has 3 saturated heterocycles. The zero-order valence-electron chi connectivity index (χ0n) is 36.2. The van der Waals surface area contributed by atoms with E-state index in [1.807, 2.05) is 75.4 Å². The van der Waals surface area contributed by atoms with Gasteiger partial charge < -0.3 is 24.6 Å². The largest absolute Gasteiger partial charge is 0.497 e. The number of benzene rings is 2. The van der Waals surface area contributed by atoms with Crippen molar-refractivity contribution in [2.24, 2.45) is 35.0 Å². The molecule has 2 N–H and O–H groups in total. The van der Waals surface area contributed by atoms with Gasteiger partial charge >= 0.3 is 0 Å². The number of aromatic nitrogens is 1. The summed E-state index contributed by atoms with van der Waals surface area (Å²) in [5.41, 5.74) is -0.00510. The number of pyridine rings is 1. The molecular weight excluding hydrogens is 807 g/mol. The maximum atomic E-state index is 15.2. The summed E-state index contributed by atoms with van der Waals surface area (Å²) in [5, 5.41) is 2.99. The van der Waals surface area contributed by atoms with E-state index in [9.17, 15) is 22.8 Å². The Bertz CT molecular complexity index is 2380. The second kappa shape index (κ2) is 16.0. The molecule has 2 aromatic carbocycles. The Kier molecular flexibility index (Phi) is 10.9. The highest BCUT2D eigenvalue weighted by atomic mass is 32.2. The van der Waals surface area contributed by atoms with Gasteiger partial charge in [-0.3, -0.25) is 23.9 Å². The van der Waals surface area contributed by atoms with Crippen molar-refractivity contribution in [2.45, 2.75) is 114 Å². The summed E-state index contributed by atoms with van der Waals surface area (Å²) < 4.78 is 40.4. The Morgan fingerprint density at radius 1 is 0.935 bits per heavy atom. The molecule has 13 nitrogen and oxygen atoms in total. The van der Waals surface area contributed by atoms with Crippen LogP contribution in [0.5, 0.6) is 11.5 Å². The van der Waals surface area contributed by atoms with Crippen LogP contribution in [-0.4, -0.2) is 96.0 Å². The first-order valence-corrected chi connectivity index (χ1v) is 23.9. The number of hydrogen-bond donors (Lipinski definition) is 2. The van der Waals surface area contributed by atoms with E-state index in [1.165, 1.54) is 11.3 Å². The van der Waals surface area contributed by atoms with Gasteiger partial charge in [-0.2, -0.15) is 0 Å². The number of carbonyl (C=O) groups excluding carboxylic acids is 4. The third-order valence-electron chi connectivity index (χ3n) is 14.6. The Labute approximate surface area is 364 Å². The molecule has 7 fully saturated rings. The van der Waals surface area contributed by atoms with Gasteiger partial charge in [-0.05, 0) is 86.7 Å². The molecule has 3 aromatic rings. The lowest BCUT2D eigenvalue weighted by Crippen LogP contribution is -2.57. The Morgan fingerprint density at radius 3 is 2.29 bits per heavy atom. The zero-order valence-corrected chi connectivity index (χ0v) is 37.0. The van der Waals surface area contributed by atoms with Gasteiger partial charge in [0.15, 0.2) is 0 Å². The summed E-state index contributed by atoms with van der Waals surface area (Å²) in [5.74, 6) is -0.0827. The highest BCUT2D eigenvalue weighted by molar-refractivity contribution is 7.91. The molecule has 14 heteroatoms. The predicted molar refractivity (Wildman–Crippen MR) is 234 cm³/mol. The Hall–Kier alpha value is -4.98. The first-order valence-electron chi connectivity index (χ1n) is 22.4. The molecule has 330 valence electrons. The molecule has 0 radical (unpaired) electrons. The SMILES string of the molecule is C=C[C@@H]1C[C@]1(NC(=O)[C@@H]1C[C@@H](Oc2cc(-c3ccccc3)nc3cc(OC)ccc23)CN1C(=O)[C@@H](CC(=O)N1CC2CC3CC(C2)CC1C3)C(C)(C)C)C(=O)NS(=O)(=O)C1CC1. The van der Waals surface area contributed by atoms with E-state index >= 15 is 4.79 Å². The van der Waals surface area contributed by atoms with Crippen molar-refractivity contribution < 1.29 is 37.1 Å². The van der Waals surface area contributed by atoms with Crippen LogP contribution in [0.1, 0.15) is 85.0 Å². The van der Waals surface area contributed by atoms with Crippen LogP contribution in [0, 0.1) is 35.0 Å². The third-order valence-corrected chi connectivity index (χ3v) is 16.4. The van der Waals surface area contributed by atoms with Crippen LogP contribution in [0.15, 0.2) is 67.3 Å². The normalized spacial score (nSPS) is 29.5. The minimum absolute atomic E-state index is 0.0123. The molecule has 2 unspecified atom stereocenters. The minimum Gasteiger partial charge on any atom is -0.497 e. The quantitative estimate of drug-likeness (QED) is 0.196. The van der Waals surface area contributed by atoms with E-state index in [1.54, 1.807) is 13.2 Å². The molecule has 4 bridgehead atoms. The number of rotatable bonds is 13. The molecule has 4 saturated carbocycles. The summed E-state index contributed by atoms with van der Waals surface area (Å²) in [6.07, 6.45) is 7.69. The standard InChI is InChI=1S/C48H59N5O8S/c1-6-32-25-48(32,46(57)51-62(58,59)36-13-14-36)50-44(55)41-22-35(61-42-24-39(31-10-8-7-9-11-31)49-40-21-34(60-5)12-15-37(40)42)27-53(41)45(56)38(47(2,3)4)23-43(54)52-26-30-17-28-16-29(18-30)20-33(52)19-28/h6-12,15,21,24,28-30,32-33,35-36,38,41H,1,13-14,16-20,22-23,25-27H2,2-5H3,(H,50,55)(H,51,57)/t28?,29?,30?,32-,33?,35-,38-,41+,48-/m1/s1. The highest BCUT2D eigenvalue weighted by Crippen LogP contribution is 2.49. The zero-order chi connectivity index (χ0) is 43.7. The van der Waals surface area contributed by atoms with Crippen molar-refractivity contribution in [3.8, 4) is 22.8 Å². The van der Waals surface area contributed by atoms with Crippen molar-refractivity contribution in [3.05, 3.63) is 67.3 Å². The van der Waals surface area contributed by atoms with Crippen molar-refractivity contribution in [2.75, 3.05) is 20.2 Å². The van der Waals surface area contributed by atoms with Gasteiger partial charge in [-0.1, -0.05) is 57.2 Å². The van der Waals surface area contributed by atoms with Crippen LogP contribution in [-0.2, 0) is 29.2 Å². The molecule has 10 rings (SSSR count). The monoisotopic (exact) mass is 865 g/mol. The van der Waals surface area contributed by atoms with Crippen molar-refractivity contribution in [1.82, 2.24) is 24.8 Å². The fourth-order valence-corrected chi connectivity index (χ4v) is 12.4. The lowest BCUT2D eigenvalue weighted by molar-refractivity contribution is -0.149. The average molecular weight is 866 g/mol. The third kappa shape index (κ3) is 8.19. The van der Waals surface area contributed by atoms with Crippen molar-refractivity contribution in [1.29, 1.82) is 0 Å². The molecule has 0 spiro atoms. The first kappa shape index (κ1) is 42.3. The summed E-state index contributed by atoms with van der Waals surface area (Å²) in [6.45, 7) is 10.5. The molecular formula is C48H59N5O8S. The number of methoxy groups -OCH3 is 1. The van der Waals surface area contributed by atoms with Crippen LogP contribution < -0.4 is 19.5 Å². The highest BCUT2D eigenvalue weighted by Gasteiger charge is 2.62. The van der Waals surface area contributed by atoms with E-state index in [-0.39, 0.29) is 43.7 Å². The second-order valence-electron chi connectivity index (χ2n) is 20.0. The molecule has 7 aliphatic rings. The fourth-order valence-electron chi connectivity index (χ4n) is 11.1. The van der Waals surface area contributed by atoms with Gasteiger partial charge in [0.05, 0.1) is 36.0 Å². The van der Waals surface area contributed by atoms with Gasteiger partial charge in [0.25, 0.3) is 5.91 Å². The van der Waals surface area contributed by atoms with Crippen molar-refractivity contribution in [3.63, 3.8) is 0 Å². The number of fused-ring (bicyclic) bond motifs is 2. The van der Waals surface area contributed by atoms with Crippen LogP contribution in [0.2, 0.25) is 0 Å². The average Bonchev–Trinajstić information content (AvgIpc) is 4.17. The van der Waals surface area contributed by atoms with Crippen LogP contribution in [0.3, 0.4) is 0 Å². The summed E-state index contributed by atoms with van der Waals surface area (Å²) in [7, 11) is -2.31. The van der Waals surface area contributed by atoms with Crippen LogP contribution in [0.4, 0.5) is 0 Å². The number of nitrogens with zero attached hydrogens (tertiary/aromatic N) is 3. The lowest BCUT2D eigenvalue weighted by atomic mass is 9.68. The van der Waals surface area contributed by atoms with E-state index in [0.717, 1.165) is 37.8 Å². The van der Waals surface area contributed by atoms with Crippen molar-refractivity contribution >= 4 is 44.6 Å². The molecule has 1 aromatic heterocycles. The van der Waals surface area contributed by atoms with E-state index in [4.69, 9.17) is 14.5 Å². The van der Waals surface area contributed by atoms with E-state index < -0.39 is 62.0 Å². The van der Waals surface area contributed by atoms with Gasteiger partial charge in [0, 0.05) is 54.4 Å². The number of likely N-dealkylation sites (tertiary alicyclic amines) is 1. The summed E-state index contributed by atoms with van der Waals surface area (Å²) in [6, 6.07) is 16.2. The minimum atomic E-state index is -3.91. The first-order chi connectivity index (χ1) is 29.5. The van der Waals surface area contributed by atoms with E-state index in [0.29, 0.717) is 58.7 Å². The number of nitrogens with one attached hydrogen (secondary N) is 2. The molecule has 4 heterocycles. The van der Waals surface area contributed by atoms with E-state index in [2.05, 4.69) is 21.5 Å². The lowest BCUT2D eigenvalue weighted by Gasteiger charge is -2.40. The summed E-state index contributed by atoms with van der Waals surface area (Å²) >= 11 is 0. The maximum Gasteiger partial charge on any atom is 0.259 e. The topological polar surface area (TPSA) is 164 Å². The molecule has 4 aliphatic carbocycles. The van der Waals surface area contributed by atoms with Gasteiger partial charge in [-0.25, -0.2) is 13.4 Å².